The predicted molar refractivity (Wildman–Crippen MR) is 69.1 cm³/mol. The van der Waals surface area contributed by atoms with E-state index in [9.17, 15) is 0 Å². The number of ether oxygens (including phenoxy) is 1. The second-order valence-corrected chi connectivity index (χ2v) is 4.16. The Balaban J connectivity index is 2.57. The molecule has 0 bridgehead atoms. The van der Waals surface area contributed by atoms with E-state index in [0.717, 1.165) is 22.6 Å². The van der Waals surface area contributed by atoms with Gasteiger partial charge in [-0.05, 0) is 37.1 Å². The number of rotatable bonds is 2. The zero-order chi connectivity index (χ0) is 12.6. The van der Waals surface area contributed by atoms with Gasteiger partial charge in [0.15, 0.2) is 5.95 Å². The number of aryl methyl sites for hydroxylation is 1. The number of imidazole rings is 1. The first-order chi connectivity index (χ1) is 8.04. The van der Waals surface area contributed by atoms with Gasteiger partial charge >= 0.3 is 0 Å². The molecule has 0 aliphatic carbocycles. The lowest BCUT2D eigenvalue weighted by Crippen LogP contribution is -1.94. The highest BCUT2D eigenvalue weighted by Gasteiger charge is 2.11. The van der Waals surface area contributed by atoms with Gasteiger partial charge in [-0.25, -0.2) is 4.98 Å². The maximum atomic E-state index is 5.75. The monoisotopic (exact) mass is 231 g/mol. The molecule has 2 aromatic rings. The molecule has 0 unspecified atom stereocenters. The molecule has 0 radical (unpaired) electrons. The van der Waals surface area contributed by atoms with Crippen LogP contribution >= 0.6 is 0 Å². The van der Waals surface area contributed by atoms with Crippen molar-refractivity contribution in [1.29, 1.82) is 0 Å². The molecule has 0 saturated carbocycles. The molecule has 0 atom stereocenters. The van der Waals surface area contributed by atoms with Gasteiger partial charge in [0.05, 0.1) is 12.8 Å². The first-order valence-electron chi connectivity index (χ1n) is 5.48. The Labute approximate surface area is 101 Å². The van der Waals surface area contributed by atoms with E-state index in [1.165, 1.54) is 5.56 Å². The number of aromatic nitrogens is 2. The molecule has 1 aromatic heterocycles. The zero-order valence-electron chi connectivity index (χ0n) is 10.6. The van der Waals surface area contributed by atoms with Crippen LogP contribution < -0.4 is 10.5 Å². The van der Waals surface area contributed by atoms with Crippen molar-refractivity contribution in [2.45, 2.75) is 13.8 Å². The molecule has 4 nitrogen and oxygen atoms in total. The van der Waals surface area contributed by atoms with Gasteiger partial charge in [-0.3, -0.25) is 0 Å². The van der Waals surface area contributed by atoms with Crippen LogP contribution in [0.5, 0.6) is 5.75 Å². The quantitative estimate of drug-likeness (QED) is 0.862. The van der Waals surface area contributed by atoms with E-state index in [-0.39, 0.29) is 0 Å². The van der Waals surface area contributed by atoms with Crippen molar-refractivity contribution in [3.63, 3.8) is 0 Å². The Morgan fingerprint density at radius 3 is 2.47 bits per heavy atom. The Hall–Kier alpha value is -1.97. The van der Waals surface area contributed by atoms with Gasteiger partial charge in [0.1, 0.15) is 5.75 Å². The summed E-state index contributed by atoms with van der Waals surface area (Å²) >= 11 is 0. The van der Waals surface area contributed by atoms with Crippen LogP contribution in [-0.2, 0) is 7.05 Å². The lowest BCUT2D eigenvalue weighted by Gasteiger charge is -2.10. The van der Waals surface area contributed by atoms with Crippen molar-refractivity contribution in [3.8, 4) is 17.0 Å². The van der Waals surface area contributed by atoms with Crippen LogP contribution in [0.15, 0.2) is 18.3 Å². The zero-order valence-corrected chi connectivity index (χ0v) is 10.6. The molecule has 0 aliphatic rings. The first-order valence-corrected chi connectivity index (χ1v) is 5.48. The third-order valence-electron chi connectivity index (χ3n) is 3.15. The summed E-state index contributed by atoms with van der Waals surface area (Å²) in [5.74, 6) is 1.42. The third-order valence-corrected chi connectivity index (χ3v) is 3.15. The minimum absolute atomic E-state index is 0.521. The molecule has 2 rings (SSSR count). The number of nitrogens with two attached hydrogens (primary N) is 1. The van der Waals surface area contributed by atoms with Gasteiger partial charge < -0.3 is 15.0 Å². The second-order valence-electron chi connectivity index (χ2n) is 4.16. The summed E-state index contributed by atoms with van der Waals surface area (Å²) < 4.78 is 7.11. The van der Waals surface area contributed by atoms with Gasteiger partial charge in [0.2, 0.25) is 0 Å². The normalized spacial score (nSPS) is 10.6. The van der Waals surface area contributed by atoms with E-state index >= 15 is 0 Å². The number of nitrogen functional groups attached to an aromatic ring is 1. The molecule has 17 heavy (non-hydrogen) atoms. The summed E-state index contributed by atoms with van der Waals surface area (Å²) in [5.41, 5.74) is 10.0. The molecule has 0 aliphatic heterocycles. The Morgan fingerprint density at radius 1 is 1.24 bits per heavy atom. The predicted octanol–water partition coefficient (Wildman–Crippen LogP) is 2.29. The fourth-order valence-corrected chi connectivity index (χ4v) is 1.90. The van der Waals surface area contributed by atoms with Crippen LogP contribution in [0.4, 0.5) is 5.95 Å². The summed E-state index contributed by atoms with van der Waals surface area (Å²) in [6, 6.07) is 3.98. The molecule has 1 aromatic carbocycles. The number of anilines is 1. The van der Waals surface area contributed by atoms with Gasteiger partial charge in [0, 0.05) is 18.8 Å². The van der Waals surface area contributed by atoms with Crippen LogP contribution in [-0.4, -0.2) is 16.7 Å². The summed E-state index contributed by atoms with van der Waals surface area (Å²) in [6.07, 6.45) is 1.93. The van der Waals surface area contributed by atoms with E-state index in [1.54, 1.807) is 7.11 Å². The number of hydrogen-bond donors (Lipinski definition) is 1. The van der Waals surface area contributed by atoms with Gasteiger partial charge in [0.25, 0.3) is 0 Å². The maximum absolute atomic E-state index is 5.75. The Bertz CT molecular complexity index is 539. The van der Waals surface area contributed by atoms with E-state index in [1.807, 2.05) is 36.9 Å². The maximum Gasteiger partial charge on any atom is 0.200 e. The largest absolute Gasteiger partial charge is 0.496 e. The second kappa shape index (κ2) is 4.13. The molecule has 4 heteroatoms. The van der Waals surface area contributed by atoms with Crippen molar-refractivity contribution in [2.24, 2.45) is 7.05 Å². The van der Waals surface area contributed by atoms with Crippen LogP contribution in [0.25, 0.3) is 11.3 Å². The van der Waals surface area contributed by atoms with Crippen molar-refractivity contribution in [1.82, 2.24) is 9.55 Å². The highest BCUT2D eigenvalue weighted by Crippen LogP contribution is 2.30. The standard InChI is InChI=1S/C13H17N3O/c1-8-9(2)12(17-4)6-5-10(8)11-7-16(3)13(14)15-11/h5-7H,1-4H3,(H2,14,15). The van der Waals surface area contributed by atoms with Crippen molar-refractivity contribution in [3.05, 3.63) is 29.5 Å². The summed E-state index contributed by atoms with van der Waals surface area (Å²) in [4.78, 5) is 4.34. The third kappa shape index (κ3) is 1.86. The smallest absolute Gasteiger partial charge is 0.200 e. The molecule has 0 amide bonds. The van der Waals surface area contributed by atoms with Crippen LogP contribution in [0.2, 0.25) is 0 Å². The lowest BCUT2D eigenvalue weighted by molar-refractivity contribution is 0.411. The highest BCUT2D eigenvalue weighted by molar-refractivity contribution is 5.67. The SMILES string of the molecule is COc1ccc(-c2cn(C)c(N)n2)c(C)c1C. The molecular weight excluding hydrogens is 214 g/mol. The fraction of sp³-hybridized carbons (Fsp3) is 0.308. The Morgan fingerprint density at radius 2 is 1.94 bits per heavy atom. The molecule has 90 valence electrons. The number of hydrogen-bond acceptors (Lipinski definition) is 3. The molecule has 0 saturated heterocycles. The van der Waals surface area contributed by atoms with Gasteiger partial charge in [-0.1, -0.05) is 0 Å². The van der Waals surface area contributed by atoms with E-state index in [4.69, 9.17) is 10.5 Å². The number of benzene rings is 1. The molecular formula is C13H17N3O. The Kier molecular flexibility index (Phi) is 2.79. The summed E-state index contributed by atoms with van der Waals surface area (Å²) in [5, 5.41) is 0. The van der Waals surface area contributed by atoms with Crippen molar-refractivity contribution >= 4 is 5.95 Å². The minimum atomic E-state index is 0.521. The van der Waals surface area contributed by atoms with Gasteiger partial charge in [-0.2, -0.15) is 0 Å². The molecule has 0 fully saturated rings. The lowest BCUT2D eigenvalue weighted by atomic mass is 10.0. The molecule has 2 N–H and O–H groups in total. The molecule has 0 spiro atoms. The van der Waals surface area contributed by atoms with E-state index < -0.39 is 0 Å². The van der Waals surface area contributed by atoms with Crippen LogP contribution in [0.1, 0.15) is 11.1 Å². The van der Waals surface area contributed by atoms with Crippen LogP contribution in [0.3, 0.4) is 0 Å². The number of nitrogens with zero attached hydrogens (tertiary/aromatic N) is 2. The average Bonchev–Trinajstić information content (AvgIpc) is 2.63. The van der Waals surface area contributed by atoms with E-state index in [0.29, 0.717) is 5.95 Å². The summed E-state index contributed by atoms with van der Waals surface area (Å²) in [6.45, 7) is 4.11. The first kappa shape index (κ1) is 11.5. The van der Waals surface area contributed by atoms with E-state index in [2.05, 4.69) is 11.9 Å². The highest BCUT2D eigenvalue weighted by atomic mass is 16.5. The van der Waals surface area contributed by atoms with Crippen molar-refractivity contribution in [2.75, 3.05) is 12.8 Å². The van der Waals surface area contributed by atoms with Gasteiger partial charge in [-0.15, -0.1) is 0 Å². The van der Waals surface area contributed by atoms with Crippen LogP contribution in [0, 0.1) is 13.8 Å². The van der Waals surface area contributed by atoms with Crippen molar-refractivity contribution < 1.29 is 4.74 Å². The minimum Gasteiger partial charge on any atom is -0.496 e. The number of methoxy groups -OCH3 is 1. The fourth-order valence-electron chi connectivity index (χ4n) is 1.90. The average molecular weight is 231 g/mol. The summed E-state index contributed by atoms with van der Waals surface area (Å²) in [7, 11) is 3.57. The topological polar surface area (TPSA) is 53.1 Å². The molecule has 1 heterocycles.